The van der Waals surface area contributed by atoms with Crippen molar-refractivity contribution in [2.45, 2.75) is 74.9 Å². The van der Waals surface area contributed by atoms with Crippen LogP contribution in [-0.2, 0) is 23.2 Å². The number of nitrogens with zero attached hydrogens (tertiary/aromatic N) is 3. The van der Waals surface area contributed by atoms with E-state index in [0.29, 0.717) is 17.5 Å². The topological polar surface area (TPSA) is 55.2 Å². The van der Waals surface area contributed by atoms with Gasteiger partial charge in [0.05, 0.1) is 17.0 Å². The monoisotopic (exact) mass is 463 g/mol. The highest BCUT2D eigenvalue weighted by Crippen LogP contribution is 2.48. The van der Waals surface area contributed by atoms with Crippen LogP contribution >= 0.6 is 11.8 Å². The quantitative estimate of drug-likeness (QED) is 0.357. The number of allylic oxidation sites excluding steroid dienone is 1. The maximum atomic E-state index is 14.0. The van der Waals surface area contributed by atoms with Crippen LogP contribution in [0, 0.1) is 0 Å². The number of fused-ring (bicyclic) bond motifs is 4. The Bertz CT molecular complexity index is 1110. The van der Waals surface area contributed by atoms with Crippen LogP contribution in [-0.4, -0.2) is 39.2 Å². The first-order chi connectivity index (χ1) is 16.1. The van der Waals surface area contributed by atoms with Crippen LogP contribution in [0.15, 0.2) is 46.9 Å². The fraction of sp³-hybridized carbons (Fsp3) is 0.519. The summed E-state index contributed by atoms with van der Waals surface area (Å²) in [5.41, 5.74) is 4.05. The molecule has 0 bridgehead atoms. The number of carbonyl (C=O) groups is 1. The molecule has 174 valence electrons. The largest absolute Gasteiger partial charge is 0.342 e. The van der Waals surface area contributed by atoms with Gasteiger partial charge in [0.1, 0.15) is 0 Å². The second kappa shape index (κ2) is 9.49. The predicted molar refractivity (Wildman–Crippen MR) is 134 cm³/mol. The first kappa shape index (κ1) is 22.5. The van der Waals surface area contributed by atoms with E-state index >= 15 is 0 Å². The molecule has 1 aromatic heterocycles. The van der Waals surface area contributed by atoms with Gasteiger partial charge >= 0.3 is 0 Å². The summed E-state index contributed by atoms with van der Waals surface area (Å²) in [5, 5.41) is 0.631. The minimum Gasteiger partial charge on any atom is -0.342 e. The highest BCUT2D eigenvalue weighted by Gasteiger charge is 2.43. The number of hydrogen-bond donors (Lipinski definition) is 0. The summed E-state index contributed by atoms with van der Waals surface area (Å²) >= 11 is 1.40. The molecule has 1 amide bonds. The number of thioether (sulfide) groups is 1. The van der Waals surface area contributed by atoms with Crippen molar-refractivity contribution >= 4 is 17.7 Å². The molecule has 5 nitrogen and oxygen atoms in total. The van der Waals surface area contributed by atoms with E-state index in [1.165, 1.54) is 30.2 Å². The molecule has 2 aliphatic carbocycles. The lowest BCUT2D eigenvalue weighted by molar-refractivity contribution is -0.129. The zero-order valence-electron chi connectivity index (χ0n) is 19.4. The molecule has 2 aromatic rings. The van der Waals surface area contributed by atoms with E-state index in [4.69, 9.17) is 4.98 Å². The number of carbonyl (C=O) groups excluding carboxylic acids is 1. The molecule has 1 saturated heterocycles. The third-order valence-electron chi connectivity index (χ3n) is 7.62. The van der Waals surface area contributed by atoms with E-state index in [9.17, 15) is 9.59 Å². The van der Waals surface area contributed by atoms with E-state index in [1.807, 2.05) is 11.0 Å². The molecule has 1 saturated carbocycles. The zero-order chi connectivity index (χ0) is 22.8. The van der Waals surface area contributed by atoms with Crippen LogP contribution in [0.2, 0.25) is 0 Å². The molecule has 2 fully saturated rings. The van der Waals surface area contributed by atoms with Gasteiger partial charge in [0.2, 0.25) is 5.91 Å². The van der Waals surface area contributed by atoms with Crippen LogP contribution < -0.4 is 5.56 Å². The molecule has 6 heteroatoms. The summed E-state index contributed by atoms with van der Waals surface area (Å²) in [7, 11) is 0. The molecule has 0 N–H and O–H groups in total. The minimum absolute atomic E-state index is 0.0595. The number of benzene rings is 1. The van der Waals surface area contributed by atoms with E-state index in [2.05, 4.69) is 24.8 Å². The van der Waals surface area contributed by atoms with Gasteiger partial charge in [-0.1, -0.05) is 61.4 Å². The summed E-state index contributed by atoms with van der Waals surface area (Å²) in [6.07, 6.45) is 11.7. The maximum Gasteiger partial charge on any atom is 0.258 e. The van der Waals surface area contributed by atoms with Crippen LogP contribution in [0.25, 0.3) is 11.3 Å². The average molecular weight is 464 g/mol. The van der Waals surface area contributed by atoms with E-state index in [0.717, 1.165) is 74.9 Å². The first-order valence-corrected chi connectivity index (χ1v) is 13.4. The second-order valence-electron chi connectivity index (χ2n) is 9.73. The van der Waals surface area contributed by atoms with Gasteiger partial charge in [-0.2, -0.15) is 0 Å². The van der Waals surface area contributed by atoms with Crippen molar-refractivity contribution in [3.05, 3.63) is 58.4 Å². The van der Waals surface area contributed by atoms with Gasteiger partial charge in [0, 0.05) is 30.6 Å². The number of rotatable bonds is 5. The molecule has 1 spiro atoms. The minimum atomic E-state index is -0.123. The number of aromatic nitrogens is 2. The van der Waals surface area contributed by atoms with Gasteiger partial charge in [-0.15, -0.1) is 6.58 Å². The van der Waals surface area contributed by atoms with Crippen LogP contribution in [0.3, 0.4) is 0 Å². The van der Waals surface area contributed by atoms with Crippen molar-refractivity contribution in [1.82, 2.24) is 14.5 Å². The number of amides is 1. The summed E-state index contributed by atoms with van der Waals surface area (Å²) in [6, 6.07) is 8.41. The molecular weight excluding hydrogens is 430 g/mol. The second-order valence-corrected chi connectivity index (χ2v) is 10.7. The summed E-state index contributed by atoms with van der Waals surface area (Å²) in [4.78, 5) is 33.9. The molecular formula is C27H33N3O2S. The molecule has 33 heavy (non-hydrogen) atoms. The average Bonchev–Trinajstić information content (AvgIpc) is 2.85. The molecule has 1 aliphatic heterocycles. The first-order valence-electron chi connectivity index (χ1n) is 12.4. The summed E-state index contributed by atoms with van der Waals surface area (Å²) < 4.78 is 1.75. The van der Waals surface area contributed by atoms with Crippen LogP contribution in [0.4, 0.5) is 0 Å². The van der Waals surface area contributed by atoms with Gasteiger partial charge in [0.15, 0.2) is 5.16 Å². The zero-order valence-corrected chi connectivity index (χ0v) is 20.2. The number of piperidine rings is 1. The van der Waals surface area contributed by atoms with E-state index < -0.39 is 0 Å². The van der Waals surface area contributed by atoms with Crippen molar-refractivity contribution in [3.63, 3.8) is 0 Å². The van der Waals surface area contributed by atoms with Crippen LogP contribution in [0.5, 0.6) is 0 Å². The molecule has 3 aliphatic rings. The third kappa shape index (κ3) is 4.18. The SMILES string of the molecule is C=CCn1c(SCC(=O)N2CCCCC2)nc2c(c1=O)C1(CCCCC1)Cc1ccccc1-2. The lowest BCUT2D eigenvalue weighted by atomic mass is 9.62. The number of likely N-dealkylation sites (tertiary alicyclic amines) is 1. The molecule has 5 rings (SSSR count). The van der Waals surface area contributed by atoms with Crippen molar-refractivity contribution in [2.24, 2.45) is 0 Å². The van der Waals surface area contributed by atoms with Gasteiger partial charge in [-0.05, 0) is 44.1 Å². The Morgan fingerprint density at radius 1 is 1.09 bits per heavy atom. The van der Waals surface area contributed by atoms with Gasteiger partial charge in [-0.3, -0.25) is 14.2 Å². The van der Waals surface area contributed by atoms with Gasteiger partial charge < -0.3 is 4.90 Å². The maximum absolute atomic E-state index is 14.0. The fourth-order valence-corrected chi connectivity index (χ4v) is 6.89. The number of hydrogen-bond acceptors (Lipinski definition) is 4. The Kier molecular flexibility index (Phi) is 6.46. The predicted octanol–water partition coefficient (Wildman–Crippen LogP) is 4.96. The Balaban J connectivity index is 1.57. The highest BCUT2D eigenvalue weighted by atomic mass is 32.2. The lowest BCUT2D eigenvalue weighted by Gasteiger charge is -2.42. The van der Waals surface area contributed by atoms with E-state index in [1.54, 1.807) is 10.6 Å². The molecule has 0 atom stereocenters. The third-order valence-corrected chi connectivity index (χ3v) is 8.58. The van der Waals surface area contributed by atoms with Gasteiger partial charge in [0.25, 0.3) is 5.56 Å². The normalized spacial score (nSPS) is 19.1. The van der Waals surface area contributed by atoms with Gasteiger partial charge in [-0.25, -0.2) is 4.98 Å². The van der Waals surface area contributed by atoms with Crippen molar-refractivity contribution < 1.29 is 4.79 Å². The lowest BCUT2D eigenvalue weighted by Crippen LogP contribution is -2.43. The van der Waals surface area contributed by atoms with Crippen molar-refractivity contribution in [3.8, 4) is 11.3 Å². The highest BCUT2D eigenvalue weighted by molar-refractivity contribution is 7.99. The van der Waals surface area contributed by atoms with Crippen molar-refractivity contribution in [1.29, 1.82) is 0 Å². The van der Waals surface area contributed by atoms with Crippen molar-refractivity contribution in [2.75, 3.05) is 18.8 Å². The Morgan fingerprint density at radius 2 is 1.82 bits per heavy atom. The van der Waals surface area contributed by atoms with Crippen LogP contribution in [0.1, 0.15) is 62.5 Å². The standard InChI is InChI=1S/C27H33N3O2S/c1-2-15-30-25(32)23-24(28-26(30)33-19-22(31)29-16-9-4-10-17-29)21-12-6-5-11-20(21)18-27(23)13-7-3-8-14-27/h2,5-6,11-12H,1,3-4,7-10,13-19H2. The fourth-order valence-electron chi connectivity index (χ4n) is 5.98. The molecule has 1 aromatic carbocycles. The smallest absolute Gasteiger partial charge is 0.258 e. The van der Waals surface area contributed by atoms with E-state index in [-0.39, 0.29) is 16.9 Å². The summed E-state index contributed by atoms with van der Waals surface area (Å²) in [5.74, 6) is 0.454. The Morgan fingerprint density at radius 3 is 2.58 bits per heavy atom. The molecule has 0 unspecified atom stereocenters. The Labute approximate surface area is 200 Å². The molecule has 0 radical (unpaired) electrons. The Hall–Kier alpha value is -2.34. The molecule has 2 heterocycles. The summed E-state index contributed by atoms with van der Waals surface area (Å²) in [6.45, 7) is 5.98.